The molecular formula is C14H23NO4S. The summed E-state index contributed by atoms with van der Waals surface area (Å²) >= 11 is 0. The van der Waals surface area contributed by atoms with Gasteiger partial charge in [-0.05, 0) is 30.9 Å². The summed E-state index contributed by atoms with van der Waals surface area (Å²) in [6, 6.07) is 3.15. The summed E-state index contributed by atoms with van der Waals surface area (Å²) in [4.78, 5) is 0.221. The predicted octanol–water partition coefficient (Wildman–Crippen LogP) is 2.34. The molecule has 5 nitrogen and oxygen atoms in total. The van der Waals surface area contributed by atoms with Crippen LogP contribution in [0.1, 0.15) is 25.8 Å². The van der Waals surface area contributed by atoms with Gasteiger partial charge in [0.05, 0.1) is 19.1 Å². The fourth-order valence-corrected chi connectivity index (χ4v) is 3.10. The van der Waals surface area contributed by atoms with Crippen molar-refractivity contribution < 1.29 is 17.9 Å². The van der Waals surface area contributed by atoms with E-state index in [2.05, 4.69) is 18.6 Å². The van der Waals surface area contributed by atoms with Crippen molar-refractivity contribution in [1.82, 2.24) is 4.72 Å². The molecule has 0 heterocycles. The molecule has 0 bridgehead atoms. The molecule has 0 amide bonds. The van der Waals surface area contributed by atoms with Gasteiger partial charge in [0.2, 0.25) is 10.0 Å². The van der Waals surface area contributed by atoms with Gasteiger partial charge in [-0.3, -0.25) is 0 Å². The van der Waals surface area contributed by atoms with Gasteiger partial charge < -0.3 is 9.47 Å². The highest BCUT2D eigenvalue weighted by Gasteiger charge is 2.19. The molecule has 1 aromatic carbocycles. The van der Waals surface area contributed by atoms with Gasteiger partial charge in [-0.2, -0.15) is 0 Å². The Hall–Kier alpha value is -1.27. The van der Waals surface area contributed by atoms with Crippen LogP contribution in [0.15, 0.2) is 17.0 Å². The summed E-state index contributed by atoms with van der Waals surface area (Å²) in [6.07, 6.45) is 0.797. The van der Waals surface area contributed by atoms with Crippen LogP contribution in [0, 0.1) is 12.8 Å². The number of rotatable bonds is 7. The van der Waals surface area contributed by atoms with Gasteiger partial charge in [-0.25, -0.2) is 13.1 Å². The quantitative estimate of drug-likeness (QED) is 0.839. The van der Waals surface area contributed by atoms with Crippen molar-refractivity contribution in [2.24, 2.45) is 5.92 Å². The first-order valence-corrected chi connectivity index (χ1v) is 8.02. The maximum Gasteiger partial charge on any atom is 0.240 e. The number of methoxy groups -OCH3 is 2. The Balaban J connectivity index is 3.05. The van der Waals surface area contributed by atoms with Crippen LogP contribution < -0.4 is 14.2 Å². The molecule has 114 valence electrons. The van der Waals surface area contributed by atoms with Crippen molar-refractivity contribution in [2.45, 2.75) is 32.1 Å². The minimum absolute atomic E-state index is 0.221. The second-order valence-corrected chi connectivity index (χ2v) is 6.79. The second kappa shape index (κ2) is 6.95. The molecule has 20 heavy (non-hydrogen) atoms. The van der Waals surface area contributed by atoms with Crippen molar-refractivity contribution in [1.29, 1.82) is 0 Å². The standard InChI is InChI=1S/C14H23NO4S/c1-10(2)6-7-15-20(16,17)14-9-13(19-5)12(18-4)8-11(14)3/h8-10,15H,6-7H2,1-5H3. The number of ether oxygens (including phenoxy) is 2. The Kier molecular flexibility index (Phi) is 5.83. The van der Waals surface area contributed by atoms with Crippen LogP contribution >= 0.6 is 0 Å². The Bertz CT molecular complexity index is 553. The Labute approximate surface area is 121 Å². The lowest BCUT2D eigenvalue weighted by Crippen LogP contribution is -2.26. The van der Waals surface area contributed by atoms with E-state index in [4.69, 9.17) is 9.47 Å². The lowest BCUT2D eigenvalue weighted by atomic mass is 10.1. The van der Waals surface area contributed by atoms with E-state index < -0.39 is 10.0 Å². The van der Waals surface area contributed by atoms with E-state index in [9.17, 15) is 8.42 Å². The average molecular weight is 301 g/mol. The van der Waals surface area contributed by atoms with Crippen LogP contribution in [0.25, 0.3) is 0 Å². The largest absolute Gasteiger partial charge is 0.493 e. The van der Waals surface area contributed by atoms with Crippen LogP contribution in [-0.2, 0) is 10.0 Å². The molecule has 0 spiro atoms. The first-order valence-electron chi connectivity index (χ1n) is 6.54. The van der Waals surface area contributed by atoms with E-state index in [1.807, 2.05) is 0 Å². The summed E-state index contributed by atoms with van der Waals surface area (Å²) < 4.78 is 37.5. The molecule has 0 aliphatic heterocycles. The Morgan fingerprint density at radius 3 is 2.20 bits per heavy atom. The van der Waals surface area contributed by atoms with E-state index in [-0.39, 0.29) is 4.90 Å². The normalized spacial score (nSPS) is 11.7. The highest BCUT2D eigenvalue weighted by molar-refractivity contribution is 7.89. The second-order valence-electron chi connectivity index (χ2n) is 5.05. The molecule has 0 saturated heterocycles. The zero-order chi connectivity index (χ0) is 15.3. The van der Waals surface area contributed by atoms with E-state index in [0.29, 0.717) is 29.5 Å². The predicted molar refractivity (Wildman–Crippen MR) is 78.9 cm³/mol. The van der Waals surface area contributed by atoms with Crippen LogP contribution in [0.3, 0.4) is 0 Å². The molecule has 0 aliphatic rings. The van der Waals surface area contributed by atoms with Crippen molar-refractivity contribution in [3.63, 3.8) is 0 Å². The summed E-state index contributed by atoms with van der Waals surface area (Å²) in [5.41, 5.74) is 0.625. The first-order chi connectivity index (χ1) is 9.31. The van der Waals surface area contributed by atoms with Gasteiger partial charge in [0.1, 0.15) is 0 Å². The molecule has 6 heteroatoms. The summed E-state index contributed by atoms with van der Waals surface area (Å²) in [5, 5.41) is 0. The number of sulfonamides is 1. The molecular weight excluding hydrogens is 278 g/mol. The average Bonchev–Trinajstić information content (AvgIpc) is 2.37. The van der Waals surface area contributed by atoms with Gasteiger partial charge in [0, 0.05) is 12.6 Å². The third-order valence-corrected chi connectivity index (χ3v) is 4.59. The lowest BCUT2D eigenvalue weighted by molar-refractivity contribution is 0.353. The molecule has 0 aliphatic carbocycles. The van der Waals surface area contributed by atoms with Gasteiger partial charge in [0.15, 0.2) is 11.5 Å². The fraction of sp³-hybridized carbons (Fsp3) is 0.571. The van der Waals surface area contributed by atoms with Crippen LogP contribution in [0.5, 0.6) is 11.5 Å². The lowest BCUT2D eigenvalue weighted by Gasteiger charge is -2.14. The molecule has 0 saturated carbocycles. The number of nitrogens with one attached hydrogen (secondary N) is 1. The van der Waals surface area contributed by atoms with Gasteiger partial charge >= 0.3 is 0 Å². The maximum atomic E-state index is 12.3. The van der Waals surface area contributed by atoms with E-state index in [0.717, 1.165) is 6.42 Å². The van der Waals surface area contributed by atoms with Gasteiger partial charge in [-0.15, -0.1) is 0 Å². The van der Waals surface area contributed by atoms with E-state index in [1.54, 1.807) is 13.0 Å². The molecule has 1 N–H and O–H groups in total. The highest BCUT2D eigenvalue weighted by atomic mass is 32.2. The Morgan fingerprint density at radius 2 is 1.70 bits per heavy atom. The Morgan fingerprint density at radius 1 is 1.15 bits per heavy atom. The summed E-state index contributed by atoms with van der Waals surface area (Å²) in [5.74, 6) is 1.37. The zero-order valence-electron chi connectivity index (χ0n) is 12.7. The van der Waals surface area contributed by atoms with Crippen LogP contribution in [-0.4, -0.2) is 29.2 Å². The smallest absolute Gasteiger partial charge is 0.240 e. The summed E-state index contributed by atoms with van der Waals surface area (Å²) in [7, 11) is -0.528. The molecule has 0 radical (unpaired) electrons. The molecule has 1 rings (SSSR count). The highest BCUT2D eigenvalue weighted by Crippen LogP contribution is 2.32. The topological polar surface area (TPSA) is 64.6 Å². The van der Waals surface area contributed by atoms with Crippen molar-refractivity contribution in [3.05, 3.63) is 17.7 Å². The van der Waals surface area contributed by atoms with Crippen LogP contribution in [0.4, 0.5) is 0 Å². The molecule has 0 fully saturated rings. The van der Waals surface area contributed by atoms with Gasteiger partial charge in [-0.1, -0.05) is 13.8 Å². The monoisotopic (exact) mass is 301 g/mol. The van der Waals surface area contributed by atoms with E-state index >= 15 is 0 Å². The maximum absolute atomic E-state index is 12.3. The zero-order valence-corrected chi connectivity index (χ0v) is 13.5. The third-order valence-electron chi connectivity index (χ3n) is 2.98. The molecule has 0 aromatic heterocycles. The SMILES string of the molecule is COc1cc(C)c(S(=O)(=O)NCCC(C)C)cc1OC. The minimum Gasteiger partial charge on any atom is -0.493 e. The number of hydrogen-bond donors (Lipinski definition) is 1. The van der Waals surface area contributed by atoms with Gasteiger partial charge in [0.25, 0.3) is 0 Å². The molecule has 1 aromatic rings. The van der Waals surface area contributed by atoms with Crippen molar-refractivity contribution in [3.8, 4) is 11.5 Å². The molecule has 0 unspecified atom stereocenters. The molecule has 0 atom stereocenters. The number of aryl methyl sites for hydroxylation is 1. The summed E-state index contributed by atoms with van der Waals surface area (Å²) in [6.45, 7) is 6.26. The number of hydrogen-bond acceptors (Lipinski definition) is 4. The van der Waals surface area contributed by atoms with Crippen LogP contribution in [0.2, 0.25) is 0 Å². The fourth-order valence-electron chi connectivity index (χ4n) is 1.81. The number of benzene rings is 1. The third kappa shape index (κ3) is 4.11. The van der Waals surface area contributed by atoms with Crippen molar-refractivity contribution in [2.75, 3.05) is 20.8 Å². The minimum atomic E-state index is -3.53. The first kappa shape index (κ1) is 16.8. The van der Waals surface area contributed by atoms with Crippen molar-refractivity contribution >= 4 is 10.0 Å². The van der Waals surface area contributed by atoms with E-state index in [1.165, 1.54) is 20.3 Å².